The second kappa shape index (κ2) is 7.12. The fourth-order valence-electron chi connectivity index (χ4n) is 4.19. The van der Waals surface area contributed by atoms with Gasteiger partial charge in [-0.05, 0) is 49.6 Å². The van der Waals surface area contributed by atoms with E-state index in [-0.39, 0.29) is 18.0 Å². The highest BCUT2D eigenvalue weighted by Gasteiger charge is 2.22. The van der Waals surface area contributed by atoms with Crippen LogP contribution in [0, 0.1) is 6.92 Å². The van der Waals surface area contributed by atoms with Crippen LogP contribution in [0.25, 0.3) is 21.0 Å². The van der Waals surface area contributed by atoms with E-state index in [2.05, 4.69) is 10.3 Å². The summed E-state index contributed by atoms with van der Waals surface area (Å²) in [6.45, 7) is 1.76. The van der Waals surface area contributed by atoms with Crippen LogP contribution in [-0.4, -0.2) is 15.5 Å². The highest BCUT2D eigenvalue weighted by molar-refractivity contribution is 7.18. The van der Waals surface area contributed by atoms with Gasteiger partial charge in [-0.2, -0.15) is 0 Å². The number of thiophene rings is 1. The fourth-order valence-corrected chi connectivity index (χ4v) is 5.49. The average molecular weight is 404 g/mol. The third-order valence-electron chi connectivity index (χ3n) is 5.63. The van der Waals surface area contributed by atoms with Crippen LogP contribution in [0.1, 0.15) is 29.1 Å². The van der Waals surface area contributed by atoms with Gasteiger partial charge in [0.2, 0.25) is 5.91 Å². The van der Waals surface area contributed by atoms with Crippen molar-refractivity contribution in [1.29, 1.82) is 0 Å². The van der Waals surface area contributed by atoms with Gasteiger partial charge in [-0.15, -0.1) is 11.3 Å². The number of anilines is 1. The van der Waals surface area contributed by atoms with E-state index in [9.17, 15) is 9.59 Å². The van der Waals surface area contributed by atoms with Crippen LogP contribution < -0.4 is 10.9 Å². The van der Waals surface area contributed by atoms with Crippen LogP contribution >= 0.6 is 11.3 Å². The zero-order chi connectivity index (χ0) is 20.0. The first-order valence-corrected chi connectivity index (χ1v) is 10.7. The lowest BCUT2D eigenvalue weighted by Gasteiger charge is -2.13. The Bertz CT molecular complexity index is 1310. The predicted molar refractivity (Wildman–Crippen MR) is 118 cm³/mol. The molecule has 1 N–H and O–H groups in total. The van der Waals surface area contributed by atoms with Crippen molar-refractivity contribution in [3.8, 4) is 0 Å². The summed E-state index contributed by atoms with van der Waals surface area (Å²) in [6.07, 6.45) is 4.22. The summed E-state index contributed by atoms with van der Waals surface area (Å²) >= 11 is 1.63. The van der Waals surface area contributed by atoms with Crippen molar-refractivity contribution in [3.05, 3.63) is 69.1 Å². The number of amides is 1. The maximum Gasteiger partial charge on any atom is 0.263 e. The number of hydrogen-bond acceptors (Lipinski definition) is 4. The lowest BCUT2D eigenvalue weighted by molar-refractivity contribution is -0.116. The van der Waals surface area contributed by atoms with E-state index in [1.165, 1.54) is 15.9 Å². The Labute approximate surface area is 172 Å². The molecule has 29 heavy (non-hydrogen) atoms. The second-order valence-corrected chi connectivity index (χ2v) is 8.60. The molecule has 2 heterocycles. The normalized spacial score (nSPS) is 13.6. The molecule has 0 aliphatic heterocycles. The molecule has 0 unspecified atom stereocenters. The Morgan fingerprint density at radius 3 is 2.83 bits per heavy atom. The standard InChI is InChI=1S/C23H21N3O2S/c1-14-24-22-21(17-10-4-5-12-19(17)29-22)23(28)26(14)13-20(27)25-18-11-6-8-15-7-2-3-9-16(15)18/h2-3,6-9,11H,4-5,10,12-13H2,1H3,(H,25,27). The molecule has 0 saturated heterocycles. The molecule has 146 valence electrons. The number of nitrogens with one attached hydrogen (secondary N) is 1. The minimum atomic E-state index is -0.225. The third-order valence-corrected chi connectivity index (χ3v) is 6.82. The van der Waals surface area contributed by atoms with Crippen molar-refractivity contribution >= 4 is 43.9 Å². The molecule has 0 fully saturated rings. The molecule has 2 aromatic heterocycles. The van der Waals surface area contributed by atoms with Gasteiger partial charge in [-0.1, -0.05) is 36.4 Å². The first-order valence-electron chi connectivity index (χ1n) is 9.91. The maximum absolute atomic E-state index is 13.2. The topological polar surface area (TPSA) is 64.0 Å². The summed E-state index contributed by atoms with van der Waals surface area (Å²) in [6, 6.07) is 13.7. The van der Waals surface area contributed by atoms with Gasteiger partial charge in [0, 0.05) is 16.0 Å². The number of carbonyl (C=O) groups is 1. The van der Waals surface area contributed by atoms with E-state index >= 15 is 0 Å². The SMILES string of the molecule is Cc1nc2sc3c(c2c(=O)n1CC(=O)Nc1cccc2ccccc12)CCCC3. The van der Waals surface area contributed by atoms with Crippen LogP contribution in [0.4, 0.5) is 5.69 Å². The minimum absolute atomic E-state index is 0.0402. The van der Waals surface area contributed by atoms with Crippen LogP contribution in [0.2, 0.25) is 0 Å². The largest absolute Gasteiger partial charge is 0.324 e. The van der Waals surface area contributed by atoms with Crippen molar-refractivity contribution in [2.45, 2.75) is 39.2 Å². The summed E-state index contributed by atoms with van der Waals surface area (Å²) in [5.41, 5.74) is 1.80. The van der Waals surface area contributed by atoms with Crippen molar-refractivity contribution in [2.24, 2.45) is 0 Å². The first-order chi connectivity index (χ1) is 14.1. The number of benzene rings is 2. The summed E-state index contributed by atoms with van der Waals surface area (Å²) in [5, 5.41) is 5.73. The van der Waals surface area contributed by atoms with Crippen LogP contribution in [0.3, 0.4) is 0 Å². The van der Waals surface area contributed by atoms with Gasteiger partial charge in [0.15, 0.2) is 0 Å². The molecule has 1 amide bonds. The molecule has 2 aromatic carbocycles. The van der Waals surface area contributed by atoms with E-state index in [4.69, 9.17) is 0 Å². The zero-order valence-electron chi connectivity index (χ0n) is 16.2. The molecule has 0 radical (unpaired) electrons. The van der Waals surface area contributed by atoms with Crippen LogP contribution in [-0.2, 0) is 24.2 Å². The van der Waals surface area contributed by atoms with E-state index in [0.717, 1.165) is 46.1 Å². The Balaban J connectivity index is 1.50. The quantitative estimate of drug-likeness (QED) is 0.550. The molecular weight excluding hydrogens is 382 g/mol. The minimum Gasteiger partial charge on any atom is -0.324 e. The summed E-state index contributed by atoms with van der Waals surface area (Å²) in [4.78, 5) is 32.8. The van der Waals surface area contributed by atoms with Gasteiger partial charge in [-0.25, -0.2) is 4.98 Å². The predicted octanol–water partition coefficient (Wildman–Crippen LogP) is 4.44. The highest BCUT2D eigenvalue weighted by Crippen LogP contribution is 2.33. The maximum atomic E-state index is 13.2. The van der Waals surface area contributed by atoms with Crippen molar-refractivity contribution in [2.75, 3.05) is 5.32 Å². The number of aromatic nitrogens is 2. The number of rotatable bonds is 3. The Morgan fingerprint density at radius 2 is 1.93 bits per heavy atom. The average Bonchev–Trinajstić information content (AvgIpc) is 3.09. The highest BCUT2D eigenvalue weighted by atomic mass is 32.1. The third kappa shape index (κ3) is 3.13. The molecule has 0 spiro atoms. The Hall–Kier alpha value is -2.99. The van der Waals surface area contributed by atoms with Crippen molar-refractivity contribution < 1.29 is 4.79 Å². The molecule has 5 nitrogen and oxygen atoms in total. The van der Waals surface area contributed by atoms with Gasteiger partial charge < -0.3 is 5.32 Å². The van der Waals surface area contributed by atoms with Crippen LogP contribution in [0.5, 0.6) is 0 Å². The van der Waals surface area contributed by atoms with Gasteiger partial charge in [-0.3, -0.25) is 14.2 Å². The van der Waals surface area contributed by atoms with Gasteiger partial charge in [0.05, 0.1) is 5.39 Å². The molecule has 6 heteroatoms. The summed E-state index contributed by atoms with van der Waals surface area (Å²) in [5.74, 6) is 0.353. The van der Waals surface area contributed by atoms with E-state index in [1.54, 1.807) is 18.3 Å². The molecule has 0 bridgehead atoms. The van der Waals surface area contributed by atoms with Crippen molar-refractivity contribution in [3.63, 3.8) is 0 Å². The fraction of sp³-hybridized carbons (Fsp3) is 0.261. The molecule has 1 aliphatic rings. The zero-order valence-corrected chi connectivity index (χ0v) is 17.0. The number of carbonyl (C=O) groups excluding carboxylic acids is 1. The van der Waals surface area contributed by atoms with Gasteiger partial charge in [0.1, 0.15) is 17.2 Å². The second-order valence-electron chi connectivity index (χ2n) is 7.52. The number of fused-ring (bicyclic) bond motifs is 4. The smallest absolute Gasteiger partial charge is 0.263 e. The summed E-state index contributed by atoms with van der Waals surface area (Å²) < 4.78 is 1.50. The summed E-state index contributed by atoms with van der Waals surface area (Å²) in [7, 11) is 0. The first kappa shape index (κ1) is 18.1. The molecule has 1 aliphatic carbocycles. The number of aryl methyl sites for hydroxylation is 3. The Morgan fingerprint density at radius 1 is 1.14 bits per heavy atom. The molecule has 4 aromatic rings. The number of hydrogen-bond donors (Lipinski definition) is 1. The molecule has 0 saturated carbocycles. The van der Waals surface area contributed by atoms with Gasteiger partial charge in [0.25, 0.3) is 5.56 Å². The van der Waals surface area contributed by atoms with E-state index in [0.29, 0.717) is 11.2 Å². The van der Waals surface area contributed by atoms with Crippen LogP contribution in [0.15, 0.2) is 47.3 Å². The van der Waals surface area contributed by atoms with Crippen molar-refractivity contribution in [1.82, 2.24) is 9.55 Å². The lowest BCUT2D eigenvalue weighted by Crippen LogP contribution is -2.30. The monoisotopic (exact) mass is 403 g/mol. The number of nitrogens with zero attached hydrogens (tertiary/aromatic N) is 2. The lowest BCUT2D eigenvalue weighted by atomic mass is 9.97. The molecule has 0 atom stereocenters. The molecule has 5 rings (SSSR count). The van der Waals surface area contributed by atoms with Gasteiger partial charge >= 0.3 is 0 Å². The van der Waals surface area contributed by atoms with E-state index < -0.39 is 0 Å². The Kier molecular flexibility index (Phi) is 4.43. The molecular formula is C23H21N3O2S. The van der Waals surface area contributed by atoms with E-state index in [1.807, 2.05) is 42.5 Å².